The van der Waals surface area contributed by atoms with Crippen LogP contribution in [0, 0.1) is 0 Å². The third-order valence-corrected chi connectivity index (χ3v) is 4.11. The lowest BCUT2D eigenvalue weighted by atomic mass is 10.1. The van der Waals surface area contributed by atoms with Gasteiger partial charge in [0, 0.05) is 18.0 Å². The molecule has 0 saturated carbocycles. The highest BCUT2D eigenvalue weighted by Gasteiger charge is 2.32. The molecule has 3 heterocycles. The smallest absolute Gasteiger partial charge is 0.335 e. The number of amides is 1. The summed E-state index contributed by atoms with van der Waals surface area (Å²) in [6.45, 7) is 0.196. The molecule has 0 fully saturated rings. The Labute approximate surface area is 147 Å². The van der Waals surface area contributed by atoms with Gasteiger partial charge in [0.2, 0.25) is 5.91 Å². The summed E-state index contributed by atoms with van der Waals surface area (Å²) in [5.74, 6) is -0.263. The number of hydrogen-bond acceptors (Lipinski definition) is 6. The van der Waals surface area contributed by atoms with E-state index in [2.05, 4.69) is 15.1 Å². The van der Waals surface area contributed by atoms with Crippen molar-refractivity contribution in [1.29, 1.82) is 0 Å². The normalized spacial score (nSPS) is 13.1. The van der Waals surface area contributed by atoms with Crippen molar-refractivity contribution in [2.45, 2.75) is 13.0 Å². The van der Waals surface area contributed by atoms with E-state index in [1.165, 1.54) is 21.7 Å². The molecule has 130 valence electrons. The Morgan fingerprint density at radius 3 is 2.85 bits per heavy atom. The molecule has 0 bridgehead atoms. The molecule has 2 aromatic heterocycles. The molecule has 1 aromatic carbocycles. The quantitative estimate of drug-likeness (QED) is 0.719. The zero-order valence-electron chi connectivity index (χ0n) is 13.5. The van der Waals surface area contributed by atoms with E-state index in [0.29, 0.717) is 16.9 Å². The molecule has 1 aliphatic heterocycles. The molecule has 0 aliphatic carbocycles. The maximum atomic E-state index is 12.5. The molecular weight excluding hydrogens is 336 g/mol. The molecule has 0 unspecified atom stereocenters. The molecule has 3 N–H and O–H groups in total. The lowest BCUT2D eigenvalue weighted by Gasteiger charge is -2.17. The number of nitrogen functional groups attached to an aromatic ring is 1. The Morgan fingerprint density at radius 1 is 1.27 bits per heavy atom. The zero-order valence-corrected chi connectivity index (χ0v) is 13.5. The molecule has 0 saturated heterocycles. The number of benzene rings is 1. The van der Waals surface area contributed by atoms with Crippen LogP contribution in [0.4, 0.5) is 11.6 Å². The van der Waals surface area contributed by atoms with Gasteiger partial charge in [-0.2, -0.15) is 15.1 Å². The predicted molar refractivity (Wildman–Crippen MR) is 91.9 cm³/mol. The number of aromatic nitrogens is 4. The summed E-state index contributed by atoms with van der Waals surface area (Å²) < 4.78 is 1.46. The van der Waals surface area contributed by atoms with Crippen LogP contribution in [0.5, 0.6) is 0 Å². The molecule has 9 heteroatoms. The number of nitrogens with two attached hydrogens (primary N) is 1. The van der Waals surface area contributed by atoms with Crippen LogP contribution in [0.3, 0.4) is 0 Å². The number of aromatic carboxylic acids is 1. The summed E-state index contributed by atoms with van der Waals surface area (Å²) in [4.78, 5) is 33.8. The Balaban J connectivity index is 1.73. The van der Waals surface area contributed by atoms with E-state index in [4.69, 9.17) is 10.8 Å². The van der Waals surface area contributed by atoms with E-state index < -0.39 is 5.97 Å². The first-order valence-corrected chi connectivity index (χ1v) is 7.82. The third-order valence-electron chi connectivity index (χ3n) is 4.11. The van der Waals surface area contributed by atoms with E-state index in [9.17, 15) is 9.59 Å². The summed E-state index contributed by atoms with van der Waals surface area (Å²) in [6, 6.07) is 8.17. The van der Waals surface area contributed by atoms with Crippen LogP contribution in [0.1, 0.15) is 21.5 Å². The number of anilines is 2. The minimum atomic E-state index is -1.02. The van der Waals surface area contributed by atoms with E-state index in [-0.39, 0.29) is 36.2 Å². The monoisotopic (exact) mass is 350 g/mol. The number of hydrogen-bond donors (Lipinski definition) is 2. The third kappa shape index (κ3) is 2.65. The van der Waals surface area contributed by atoms with Gasteiger partial charge < -0.3 is 10.8 Å². The second-order valence-electron chi connectivity index (χ2n) is 5.82. The van der Waals surface area contributed by atoms with Crippen molar-refractivity contribution >= 4 is 23.5 Å². The lowest BCUT2D eigenvalue weighted by Crippen LogP contribution is -2.27. The van der Waals surface area contributed by atoms with E-state index in [1.54, 1.807) is 30.6 Å². The van der Waals surface area contributed by atoms with Gasteiger partial charge in [-0.15, -0.1) is 0 Å². The molecule has 9 nitrogen and oxygen atoms in total. The van der Waals surface area contributed by atoms with Crippen LogP contribution < -0.4 is 10.6 Å². The van der Waals surface area contributed by atoms with Gasteiger partial charge in [-0.05, 0) is 23.8 Å². The fourth-order valence-corrected chi connectivity index (χ4v) is 2.87. The van der Waals surface area contributed by atoms with Gasteiger partial charge in [-0.3, -0.25) is 9.69 Å². The van der Waals surface area contributed by atoms with Gasteiger partial charge >= 0.3 is 5.97 Å². The highest BCUT2D eigenvalue weighted by Crippen LogP contribution is 2.32. The van der Waals surface area contributed by atoms with Crippen molar-refractivity contribution in [2.75, 3.05) is 10.6 Å². The second-order valence-corrected chi connectivity index (χ2v) is 5.82. The minimum absolute atomic E-state index is 0.110. The highest BCUT2D eigenvalue weighted by atomic mass is 16.4. The first-order chi connectivity index (χ1) is 12.5. The number of fused-ring (bicyclic) bond motifs is 1. The van der Waals surface area contributed by atoms with Crippen LogP contribution in [0.15, 0.2) is 42.7 Å². The van der Waals surface area contributed by atoms with Crippen molar-refractivity contribution in [3.63, 3.8) is 0 Å². The zero-order chi connectivity index (χ0) is 18.3. The number of carbonyl (C=O) groups is 2. The van der Waals surface area contributed by atoms with Crippen molar-refractivity contribution in [3.05, 3.63) is 59.4 Å². The standard InChI is InChI=1S/C17H14N6O3/c18-14-12-8-13(24)22(9-10-3-1-4-11(7-10)16(25)26)15(12)21-17(20-14)23-6-2-5-19-23/h1-7H,8-9H2,(H,25,26)(H2,18,20,21). The van der Waals surface area contributed by atoms with Gasteiger partial charge in [0.15, 0.2) is 0 Å². The number of carboxylic acids is 1. The Hall–Kier alpha value is -3.75. The van der Waals surface area contributed by atoms with Crippen LogP contribution in [-0.2, 0) is 17.8 Å². The Kier molecular flexibility index (Phi) is 3.61. The summed E-state index contributed by atoms with van der Waals surface area (Å²) >= 11 is 0. The average molecular weight is 350 g/mol. The van der Waals surface area contributed by atoms with Gasteiger partial charge in [0.05, 0.1) is 18.5 Å². The first-order valence-electron chi connectivity index (χ1n) is 7.82. The van der Waals surface area contributed by atoms with Gasteiger partial charge in [0.25, 0.3) is 5.95 Å². The Bertz CT molecular complexity index is 1020. The molecule has 4 rings (SSSR count). The fourth-order valence-electron chi connectivity index (χ4n) is 2.87. The number of nitrogens with zero attached hydrogens (tertiary/aromatic N) is 5. The second kappa shape index (κ2) is 5.96. The first kappa shape index (κ1) is 15.8. The molecule has 1 amide bonds. The minimum Gasteiger partial charge on any atom is -0.478 e. The molecule has 26 heavy (non-hydrogen) atoms. The van der Waals surface area contributed by atoms with Crippen LogP contribution >= 0.6 is 0 Å². The van der Waals surface area contributed by atoms with E-state index >= 15 is 0 Å². The molecular formula is C17H14N6O3. The van der Waals surface area contributed by atoms with Crippen LogP contribution in [0.25, 0.3) is 5.95 Å². The van der Waals surface area contributed by atoms with Crippen molar-refractivity contribution in [2.24, 2.45) is 0 Å². The highest BCUT2D eigenvalue weighted by molar-refractivity contribution is 6.01. The van der Waals surface area contributed by atoms with Crippen LogP contribution in [0.2, 0.25) is 0 Å². The molecule has 0 radical (unpaired) electrons. The fraction of sp³-hybridized carbons (Fsp3) is 0.118. The number of rotatable bonds is 4. The maximum Gasteiger partial charge on any atom is 0.335 e. The average Bonchev–Trinajstić information content (AvgIpc) is 3.25. The molecule has 0 atom stereocenters. The summed E-state index contributed by atoms with van der Waals surface area (Å²) in [7, 11) is 0. The number of carbonyl (C=O) groups excluding carboxylic acids is 1. The summed E-state index contributed by atoms with van der Waals surface area (Å²) in [5.41, 5.74) is 7.43. The van der Waals surface area contributed by atoms with Crippen LogP contribution in [-0.4, -0.2) is 36.7 Å². The SMILES string of the molecule is Nc1nc(-n2cccn2)nc2c1CC(=O)N2Cc1cccc(C(=O)O)c1. The lowest BCUT2D eigenvalue weighted by molar-refractivity contribution is -0.117. The van der Waals surface area contributed by atoms with Gasteiger partial charge in [-0.25, -0.2) is 9.48 Å². The van der Waals surface area contributed by atoms with E-state index in [0.717, 1.165) is 0 Å². The van der Waals surface area contributed by atoms with Gasteiger partial charge in [0.1, 0.15) is 11.6 Å². The van der Waals surface area contributed by atoms with Gasteiger partial charge in [-0.1, -0.05) is 12.1 Å². The number of carboxylic acid groups (broad SMARTS) is 1. The largest absolute Gasteiger partial charge is 0.478 e. The Morgan fingerprint density at radius 2 is 2.12 bits per heavy atom. The maximum absolute atomic E-state index is 12.5. The summed E-state index contributed by atoms with van der Waals surface area (Å²) in [5, 5.41) is 13.2. The van der Waals surface area contributed by atoms with Crippen molar-refractivity contribution < 1.29 is 14.7 Å². The molecule has 3 aromatic rings. The van der Waals surface area contributed by atoms with Crippen molar-refractivity contribution in [1.82, 2.24) is 19.7 Å². The predicted octanol–water partition coefficient (Wildman–Crippen LogP) is 1.03. The van der Waals surface area contributed by atoms with Crippen molar-refractivity contribution in [3.8, 4) is 5.95 Å². The summed E-state index contributed by atoms with van der Waals surface area (Å²) in [6.07, 6.45) is 3.38. The van der Waals surface area contributed by atoms with E-state index in [1.807, 2.05) is 0 Å². The topological polar surface area (TPSA) is 127 Å². The molecule has 0 spiro atoms. The molecule has 1 aliphatic rings.